The Labute approximate surface area is 118 Å². The lowest BCUT2D eigenvalue weighted by atomic mass is 10.3. The van der Waals surface area contributed by atoms with E-state index in [1.807, 2.05) is 18.2 Å². The number of carbonyl (C=O) groups is 1. The average molecular weight is 326 g/mol. The maximum absolute atomic E-state index is 10.7. The van der Waals surface area contributed by atoms with E-state index in [0.29, 0.717) is 12.3 Å². The first-order valence-corrected chi connectivity index (χ1v) is 6.27. The van der Waals surface area contributed by atoms with E-state index >= 15 is 0 Å². The third-order valence-corrected chi connectivity index (χ3v) is 3.14. The number of anilines is 1. The maximum Gasteiger partial charge on any atom is 0.338 e. The van der Waals surface area contributed by atoms with Gasteiger partial charge in [-0.15, -0.1) is 0 Å². The van der Waals surface area contributed by atoms with Crippen LogP contribution >= 0.6 is 15.9 Å². The number of nitrogens with one attached hydrogen (secondary N) is 1. The second-order valence-electron chi connectivity index (χ2n) is 3.81. The Morgan fingerprint density at radius 1 is 1.47 bits per heavy atom. The van der Waals surface area contributed by atoms with Crippen LogP contribution in [0.1, 0.15) is 16.1 Å². The van der Waals surface area contributed by atoms with Gasteiger partial charge < -0.3 is 19.6 Å². The van der Waals surface area contributed by atoms with Gasteiger partial charge in [0.05, 0.1) is 23.7 Å². The molecule has 2 aromatic rings. The number of halogens is 1. The fourth-order valence-corrected chi connectivity index (χ4v) is 2.09. The van der Waals surface area contributed by atoms with Gasteiger partial charge in [-0.25, -0.2) is 4.79 Å². The van der Waals surface area contributed by atoms with Crippen molar-refractivity contribution in [1.29, 1.82) is 0 Å². The van der Waals surface area contributed by atoms with Gasteiger partial charge in [0.1, 0.15) is 17.8 Å². The minimum atomic E-state index is -0.998. The second-order valence-corrected chi connectivity index (χ2v) is 4.66. The number of methoxy groups -OCH3 is 1. The molecule has 0 saturated heterocycles. The molecule has 0 aliphatic carbocycles. The van der Waals surface area contributed by atoms with Gasteiger partial charge in [-0.05, 0) is 40.2 Å². The summed E-state index contributed by atoms with van der Waals surface area (Å²) in [6, 6.07) is 7.07. The third kappa shape index (κ3) is 3.29. The number of ether oxygens (including phenoxy) is 1. The number of benzene rings is 1. The highest BCUT2D eigenvalue weighted by Gasteiger charge is 2.08. The highest BCUT2D eigenvalue weighted by atomic mass is 79.9. The summed E-state index contributed by atoms with van der Waals surface area (Å²) in [6.07, 6.45) is 1.23. The van der Waals surface area contributed by atoms with E-state index in [0.717, 1.165) is 15.9 Å². The van der Waals surface area contributed by atoms with Crippen molar-refractivity contribution in [3.8, 4) is 5.75 Å². The number of rotatable bonds is 5. The summed E-state index contributed by atoms with van der Waals surface area (Å²) < 4.78 is 11.1. The molecule has 19 heavy (non-hydrogen) atoms. The Morgan fingerprint density at radius 2 is 2.26 bits per heavy atom. The molecule has 0 aliphatic heterocycles. The SMILES string of the molecule is COc1ccc(NCc2cc(C(=O)O)co2)cc1Br. The molecule has 0 aliphatic rings. The quantitative estimate of drug-likeness (QED) is 0.881. The van der Waals surface area contributed by atoms with Gasteiger partial charge in [-0.1, -0.05) is 0 Å². The molecule has 100 valence electrons. The molecular weight excluding hydrogens is 314 g/mol. The summed E-state index contributed by atoms with van der Waals surface area (Å²) in [5.41, 5.74) is 1.02. The van der Waals surface area contributed by atoms with E-state index in [1.54, 1.807) is 7.11 Å². The molecule has 0 atom stereocenters. The van der Waals surface area contributed by atoms with Crippen molar-refractivity contribution in [3.63, 3.8) is 0 Å². The maximum atomic E-state index is 10.7. The predicted molar refractivity (Wildman–Crippen MR) is 73.7 cm³/mol. The topological polar surface area (TPSA) is 71.7 Å². The van der Waals surface area contributed by atoms with Gasteiger partial charge in [0.25, 0.3) is 0 Å². The summed E-state index contributed by atoms with van der Waals surface area (Å²) in [5.74, 6) is 0.309. The highest BCUT2D eigenvalue weighted by Crippen LogP contribution is 2.27. The fraction of sp³-hybridized carbons (Fsp3) is 0.154. The molecule has 1 aromatic carbocycles. The van der Waals surface area contributed by atoms with Crippen LogP contribution in [0.5, 0.6) is 5.75 Å². The van der Waals surface area contributed by atoms with Crippen molar-refractivity contribution in [3.05, 3.63) is 46.3 Å². The first-order valence-electron chi connectivity index (χ1n) is 5.48. The van der Waals surface area contributed by atoms with E-state index < -0.39 is 5.97 Å². The monoisotopic (exact) mass is 325 g/mol. The number of carboxylic acid groups (broad SMARTS) is 1. The lowest BCUT2D eigenvalue weighted by molar-refractivity contribution is 0.0696. The van der Waals surface area contributed by atoms with Gasteiger partial charge in [-0.2, -0.15) is 0 Å². The number of hydrogen-bond acceptors (Lipinski definition) is 4. The zero-order valence-corrected chi connectivity index (χ0v) is 11.7. The standard InChI is InChI=1S/C13H12BrNO4/c1-18-12-3-2-9(5-11(12)14)15-6-10-4-8(7-19-10)13(16)17/h2-5,7,15H,6H2,1H3,(H,16,17). The molecule has 0 fully saturated rings. The van der Waals surface area contributed by atoms with Gasteiger partial charge in [0, 0.05) is 5.69 Å². The summed E-state index contributed by atoms with van der Waals surface area (Å²) in [7, 11) is 1.60. The Bertz CT molecular complexity index is 594. The fourth-order valence-electron chi connectivity index (χ4n) is 1.55. The minimum Gasteiger partial charge on any atom is -0.496 e. The van der Waals surface area contributed by atoms with Crippen molar-refractivity contribution in [2.45, 2.75) is 6.54 Å². The van der Waals surface area contributed by atoms with E-state index in [-0.39, 0.29) is 5.56 Å². The molecule has 5 nitrogen and oxygen atoms in total. The third-order valence-electron chi connectivity index (χ3n) is 2.52. The van der Waals surface area contributed by atoms with Gasteiger partial charge in [0.15, 0.2) is 0 Å². The molecule has 0 unspecified atom stereocenters. The summed E-state index contributed by atoms with van der Waals surface area (Å²) >= 11 is 3.39. The van der Waals surface area contributed by atoms with E-state index in [9.17, 15) is 4.79 Å². The van der Waals surface area contributed by atoms with Crippen molar-refractivity contribution in [1.82, 2.24) is 0 Å². The smallest absolute Gasteiger partial charge is 0.338 e. The zero-order valence-electron chi connectivity index (χ0n) is 10.1. The van der Waals surface area contributed by atoms with Crippen LogP contribution in [-0.4, -0.2) is 18.2 Å². The summed E-state index contributed by atoms with van der Waals surface area (Å²) in [5, 5.41) is 11.9. The first-order chi connectivity index (χ1) is 9.10. The number of hydrogen-bond donors (Lipinski definition) is 2. The first kappa shape index (κ1) is 13.5. The van der Waals surface area contributed by atoms with E-state index in [1.165, 1.54) is 12.3 Å². The van der Waals surface area contributed by atoms with E-state index in [2.05, 4.69) is 21.2 Å². The van der Waals surface area contributed by atoms with Crippen LogP contribution in [0.4, 0.5) is 5.69 Å². The zero-order chi connectivity index (χ0) is 13.8. The molecule has 0 saturated carbocycles. The Kier molecular flexibility index (Phi) is 4.11. The largest absolute Gasteiger partial charge is 0.496 e. The lowest BCUT2D eigenvalue weighted by Crippen LogP contribution is -1.99. The van der Waals surface area contributed by atoms with Crippen LogP contribution in [0, 0.1) is 0 Å². The second kappa shape index (κ2) is 5.79. The number of aromatic carboxylic acids is 1. The van der Waals surface area contributed by atoms with Crippen LogP contribution < -0.4 is 10.1 Å². The number of carboxylic acids is 1. The molecule has 0 spiro atoms. The van der Waals surface area contributed by atoms with Gasteiger partial charge in [-0.3, -0.25) is 0 Å². The van der Waals surface area contributed by atoms with E-state index in [4.69, 9.17) is 14.3 Å². The molecule has 1 aromatic heterocycles. The number of furan rings is 1. The van der Waals surface area contributed by atoms with Crippen molar-refractivity contribution < 1.29 is 19.1 Å². The minimum absolute atomic E-state index is 0.146. The predicted octanol–water partition coefficient (Wildman–Crippen LogP) is 3.36. The van der Waals surface area contributed by atoms with Crippen LogP contribution in [0.15, 0.2) is 39.4 Å². The Hall–Kier alpha value is -1.95. The van der Waals surface area contributed by atoms with Crippen molar-refractivity contribution >= 4 is 27.6 Å². The van der Waals surface area contributed by atoms with Crippen molar-refractivity contribution in [2.75, 3.05) is 12.4 Å². The molecule has 1 heterocycles. The van der Waals surface area contributed by atoms with Crippen LogP contribution in [-0.2, 0) is 6.54 Å². The normalized spacial score (nSPS) is 10.2. The molecule has 6 heteroatoms. The molecule has 2 rings (SSSR count). The Balaban J connectivity index is 2.01. The van der Waals surface area contributed by atoms with Crippen molar-refractivity contribution in [2.24, 2.45) is 0 Å². The molecule has 0 amide bonds. The lowest BCUT2D eigenvalue weighted by Gasteiger charge is -2.07. The van der Waals surface area contributed by atoms with Crippen LogP contribution in [0.25, 0.3) is 0 Å². The molecular formula is C13H12BrNO4. The summed E-state index contributed by atoms with van der Waals surface area (Å²) in [4.78, 5) is 10.7. The summed E-state index contributed by atoms with van der Waals surface area (Å²) in [6.45, 7) is 0.409. The highest BCUT2D eigenvalue weighted by molar-refractivity contribution is 9.10. The molecule has 0 bridgehead atoms. The van der Waals surface area contributed by atoms with Crippen LogP contribution in [0.2, 0.25) is 0 Å². The Morgan fingerprint density at radius 3 is 2.84 bits per heavy atom. The van der Waals surface area contributed by atoms with Gasteiger partial charge in [0.2, 0.25) is 0 Å². The van der Waals surface area contributed by atoms with Gasteiger partial charge >= 0.3 is 5.97 Å². The molecule has 2 N–H and O–H groups in total. The average Bonchev–Trinajstić information content (AvgIpc) is 2.85. The molecule has 0 radical (unpaired) electrons. The van der Waals surface area contributed by atoms with Crippen LogP contribution in [0.3, 0.4) is 0 Å².